The molecular weight excluding hydrogens is 165 g/mol. The Balaban J connectivity index is 0.000000162. The number of halogens is 1. The van der Waals surface area contributed by atoms with Gasteiger partial charge in [0.1, 0.15) is 6.61 Å². The summed E-state index contributed by atoms with van der Waals surface area (Å²) in [6.07, 6.45) is 1.49. The fraction of sp³-hybridized carbons (Fsp3) is 0.667. The van der Waals surface area contributed by atoms with Crippen LogP contribution in [0.25, 0.3) is 0 Å². The van der Waals surface area contributed by atoms with Crippen molar-refractivity contribution in [3.8, 4) is 0 Å². The number of hydrogen-bond acceptors (Lipinski definition) is 6. The number of nitrogens with zero attached hydrogens (tertiary/aromatic N) is 1. The molecule has 60 valence electrons. The van der Waals surface area contributed by atoms with Gasteiger partial charge in [-0.3, -0.25) is 4.99 Å². The van der Waals surface area contributed by atoms with Crippen molar-refractivity contribution in [1.82, 2.24) is 0 Å². The molecule has 1 aliphatic heterocycles. The lowest BCUT2D eigenvalue weighted by atomic mass is 10.8. The predicted octanol–water partition coefficient (Wildman–Crippen LogP) is -4.08. The molecule has 1 heterocycles. The molecule has 0 saturated heterocycles. The summed E-state index contributed by atoms with van der Waals surface area (Å²) in [6, 6.07) is 0. The van der Waals surface area contributed by atoms with Gasteiger partial charge < -0.3 is 4.74 Å². The SMILES string of the molecule is C1=NCCO1.[O-][Cl+3]([O-])([O-])O. The number of ether oxygens (including phenoxy) is 1. The minimum Gasteiger partial charge on any atom is -0.482 e. The van der Waals surface area contributed by atoms with Crippen molar-refractivity contribution in [3.05, 3.63) is 0 Å². The minimum absolute atomic E-state index is 0.778. The molecule has 10 heavy (non-hydrogen) atoms. The maximum absolute atomic E-state index is 8.60. The lowest BCUT2D eigenvalue weighted by Gasteiger charge is -2.03. The number of rotatable bonds is 0. The van der Waals surface area contributed by atoms with Gasteiger partial charge in [-0.05, 0) is 0 Å². The Morgan fingerprint density at radius 3 is 2.10 bits per heavy atom. The van der Waals surface area contributed by atoms with Gasteiger partial charge in [0.25, 0.3) is 0 Å². The highest BCUT2D eigenvalue weighted by Gasteiger charge is 1.98. The van der Waals surface area contributed by atoms with Crippen molar-refractivity contribution in [1.29, 1.82) is 0 Å². The van der Waals surface area contributed by atoms with E-state index < -0.39 is 10.2 Å². The van der Waals surface area contributed by atoms with Crippen LogP contribution in [0.5, 0.6) is 0 Å². The Hall–Kier alpha value is -0.400. The van der Waals surface area contributed by atoms with Crippen LogP contribution in [0.15, 0.2) is 4.99 Å². The molecule has 1 N–H and O–H groups in total. The summed E-state index contributed by atoms with van der Waals surface area (Å²) in [5, 5.41) is 0. The fourth-order valence-electron chi connectivity index (χ4n) is 0.264. The fourth-order valence-corrected chi connectivity index (χ4v) is 0.264. The Morgan fingerprint density at radius 1 is 1.50 bits per heavy atom. The van der Waals surface area contributed by atoms with Crippen LogP contribution in [-0.4, -0.2) is 24.2 Å². The summed E-state index contributed by atoms with van der Waals surface area (Å²) in [7, 11) is -4.69. The maximum Gasteiger partial charge on any atom is 0.169 e. The Labute approximate surface area is 59.1 Å². The summed E-state index contributed by atoms with van der Waals surface area (Å²) in [4.78, 5) is 3.74. The summed E-state index contributed by atoms with van der Waals surface area (Å²) in [5.41, 5.74) is 0. The third-order valence-corrected chi connectivity index (χ3v) is 0.487. The van der Waals surface area contributed by atoms with E-state index in [9.17, 15) is 0 Å². The van der Waals surface area contributed by atoms with Gasteiger partial charge in [0.15, 0.2) is 6.40 Å². The molecule has 0 saturated carbocycles. The highest BCUT2D eigenvalue weighted by molar-refractivity contribution is 5.47. The van der Waals surface area contributed by atoms with Gasteiger partial charge in [-0.1, -0.05) is 0 Å². The molecule has 0 aromatic rings. The molecule has 0 bridgehead atoms. The van der Waals surface area contributed by atoms with Gasteiger partial charge in [0.05, 0.1) is 21.4 Å². The van der Waals surface area contributed by atoms with Gasteiger partial charge in [-0.25, -0.2) is 0 Å². The van der Waals surface area contributed by atoms with Crippen LogP contribution < -0.4 is 14.0 Å². The average molecular weight is 172 g/mol. The zero-order valence-corrected chi connectivity index (χ0v) is 5.65. The van der Waals surface area contributed by atoms with E-state index in [1.807, 2.05) is 0 Å². The van der Waals surface area contributed by atoms with E-state index in [1.165, 1.54) is 6.40 Å². The van der Waals surface area contributed by atoms with Gasteiger partial charge in [0.2, 0.25) is 0 Å². The Kier molecular flexibility index (Phi) is 4.24. The van der Waals surface area contributed by atoms with E-state index in [-0.39, 0.29) is 0 Å². The summed E-state index contributed by atoms with van der Waals surface area (Å²) >= 11 is 0. The molecule has 1 rings (SSSR count). The molecule has 0 spiro atoms. The monoisotopic (exact) mass is 171 g/mol. The lowest BCUT2D eigenvalue weighted by molar-refractivity contribution is -1.92. The highest BCUT2D eigenvalue weighted by Crippen LogP contribution is 1.78. The van der Waals surface area contributed by atoms with Crippen molar-refractivity contribution in [2.45, 2.75) is 0 Å². The molecule has 0 unspecified atom stereocenters. The van der Waals surface area contributed by atoms with Crippen molar-refractivity contribution in [2.75, 3.05) is 13.2 Å². The van der Waals surface area contributed by atoms with Crippen LogP contribution in [-0.2, 0) is 4.74 Å². The van der Waals surface area contributed by atoms with Crippen LogP contribution >= 0.6 is 0 Å². The molecular formula is C3H6ClNO5. The van der Waals surface area contributed by atoms with Gasteiger partial charge in [-0.2, -0.15) is 14.0 Å². The normalized spacial score (nSPS) is 15.6. The van der Waals surface area contributed by atoms with Crippen LogP contribution in [0.1, 0.15) is 0 Å². The first kappa shape index (κ1) is 9.60. The molecule has 0 aliphatic carbocycles. The van der Waals surface area contributed by atoms with Crippen molar-refractivity contribution in [2.24, 2.45) is 4.99 Å². The highest BCUT2D eigenvalue weighted by atomic mass is 35.7. The topological polar surface area (TPSA) is 111 Å². The second kappa shape index (κ2) is 4.42. The van der Waals surface area contributed by atoms with Crippen molar-refractivity contribution < 1.29 is 33.6 Å². The smallest absolute Gasteiger partial charge is 0.169 e. The summed E-state index contributed by atoms with van der Waals surface area (Å²) in [5.74, 6) is 0. The molecule has 0 aromatic heterocycles. The van der Waals surface area contributed by atoms with Crippen molar-refractivity contribution >= 4 is 6.40 Å². The summed E-state index contributed by atoms with van der Waals surface area (Å²) in [6.45, 7) is 1.62. The van der Waals surface area contributed by atoms with Gasteiger partial charge in [-0.15, -0.1) is 0 Å². The lowest BCUT2D eigenvalue weighted by Crippen LogP contribution is -2.58. The number of aliphatic imine (C=N–C) groups is 1. The molecule has 1 aliphatic rings. The zero-order chi connectivity index (χ0) is 8.04. The van der Waals surface area contributed by atoms with E-state index in [2.05, 4.69) is 9.73 Å². The van der Waals surface area contributed by atoms with E-state index in [0.717, 1.165) is 13.2 Å². The van der Waals surface area contributed by atoms with Crippen LogP contribution in [0.2, 0.25) is 0 Å². The predicted molar refractivity (Wildman–Crippen MR) is 21.5 cm³/mol. The second-order valence-corrected chi connectivity index (χ2v) is 2.07. The molecule has 7 heteroatoms. The third kappa shape index (κ3) is 15.6. The van der Waals surface area contributed by atoms with E-state index >= 15 is 0 Å². The molecule has 0 atom stereocenters. The summed E-state index contributed by atoms with van der Waals surface area (Å²) < 4.78 is 37.4. The molecule has 0 aromatic carbocycles. The second-order valence-electron chi connectivity index (χ2n) is 1.28. The van der Waals surface area contributed by atoms with Crippen LogP contribution in [0.3, 0.4) is 0 Å². The Bertz CT molecular complexity index is 98.0. The first-order valence-electron chi connectivity index (χ1n) is 2.23. The third-order valence-electron chi connectivity index (χ3n) is 0.487. The van der Waals surface area contributed by atoms with Crippen LogP contribution in [0.4, 0.5) is 0 Å². The number of hydrogen-bond donors (Lipinski definition) is 1. The molecule has 0 fully saturated rings. The zero-order valence-electron chi connectivity index (χ0n) is 4.90. The van der Waals surface area contributed by atoms with Crippen LogP contribution in [0, 0.1) is 10.2 Å². The van der Waals surface area contributed by atoms with Gasteiger partial charge >= 0.3 is 0 Å². The standard InChI is InChI=1S/C3H5NO.ClHO4/c1-2-5-3-4-1;2-1(3,4)5/h3H,1-2H2;(H,2,3,4,5). The van der Waals surface area contributed by atoms with Crippen molar-refractivity contribution in [3.63, 3.8) is 0 Å². The maximum atomic E-state index is 8.60. The quantitative estimate of drug-likeness (QED) is 0.398. The largest absolute Gasteiger partial charge is 0.482 e. The molecule has 0 amide bonds. The first-order valence-corrected chi connectivity index (χ1v) is 3.49. The first-order chi connectivity index (χ1) is 4.50. The van der Waals surface area contributed by atoms with Gasteiger partial charge in [0, 0.05) is 0 Å². The molecule has 0 radical (unpaired) electrons. The van der Waals surface area contributed by atoms with E-state index in [1.54, 1.807) is 0 Å². The Morgan fingerprint density at radius 2 is 2.00 bits per heavy atom. The molecule has 6 nitrogen and oxygen atoms in total. The van der Waals surface area contributed by atoms with E-state index in [0.29, 0.717) is 0 Å². The average Bonchev–Trinajstić information content (AvgIpc) is 2.07. The van der Waals surface area contributed by atoms with E-state index in [4.69, 9.17) is 18.6 Å². The minimum atomic E-state index is -4.69.